The molecule has 1 fully saturated rings. The molecule has 1 aliphatic carbocycles. The molecule has 0 heterocycles. The Morgan fingerprint density at radius 3 is 2.81 bits per heavy atom. The van der Waals surface area contributed by atoms with Gasteiger partial charge < -0.3 is 15.2 Å². The molecule has 2 N–H and O–H groups in total. The number of phenolic OH excluding ortho intramolecular Hbond substituents is 1. The van der Waals surface area contributed by atoms with Gasteiger partial charge in [-0.15, -0.1) is 0 Å². The van der Waals surface area contributed by atoms with Crippen molar-refractivity contribution >= 4 is 11.6 Å². The van der Waals surface area contributed by atoms with Crippen LogP contribution in [0.25, 0.3) is 0 Å². The van der Waals surface area contributed by atoms with Gasteiger partial charge >= 0.3 is 0 Å². The number of nitrogens with one attached hydrogen (secondary N) is 1. The number of ether oxygens (including phenoxy) is 1. The molecule has 3 rings (SSSR count). The Balaban J connectivity index is 1.80. The van der Waals surface area contributed by atoms with Crippen LogP contribution in [0.15, 0.2) is 36.4 Å². The number of para-hydroxylation sites is 1. The van der Waals surface area contributed by atoms with E-state index in [1.54, 1.807) is 18.2 Å². The van der Waals surface area contributed by atoms with E-state index in [2.05, 4.69) is 5.32 Å². The molecular formula is C17H18ClNO2. The fraction of sp³-hybridized carbons (Fsp3) is 0.294. The highest BCUT2D eigenvalue weighted by molar-refractivity contribution is 6.32. The zero-order chi connectivity index (χ0) is 14.8. The van der Waals surface area contributed by atoms with Gasteiger partial charge in [0.05, 0.1) is 5.02 Å². The lowest BCUT2D eigenvalue weighted by atomic mass is 10.2. The van der Waals surface area contributed by atoms with E-state index < -0.39 is 0 Å². The predicted molar refractivity (Wildman–Crippen MR) is 84.2 cm³/mol. The Morgan fingerprint density at radius 1 is 1.29 bits per heavy atom. The van der Waals surface area contributed by atoms with Gasteiger partial charge in [-0.3, -0.25) is 0 Å². The first-order chi connectivity index (χ1) is 10.1. The maximum Gasteiger partial charge on any atom is 0.148 e. The van der Waals surface area contributed by atoms with Gasteiger partial charge in [0.1, 0.15) is 17.2 Å². The molecule has 0 bridgehead atoms. The van der Waals surface area contributed by atoms with Crippen LogP contribution in [-0.2, 0) is 6.54 Å². The summed E-state index contributed by atoms with van der Waals surface area (Å²) < 4.78 is 5.89. The maximum atomic E-state index is 9.92. The first kappa shape index (κ1) is 14.2. The summed E-state index contributed by atoms with van der Waals surface area (Å²) in [4.78, 5) is 0. The van der Waals surface area contributed by atoms with Crippen molar-refractivity contribution in [2.75, 3.05) is 0 Å². The van der Waals surface area contributed by atoms with Crippen LogP contribution in [0, 0.1) is 6.92 Å². The van der Waals surface area contributed by atoms with Crippen molar-refractivity contribution in [3.8, 4) is 17.2 Å². The van der Waals surface area contributed by atoms with Gasteiger partial charge in [0, 0.05) is 18.2 Å². The lowest BCUT2D eigenvalue weighted by molar-refractivity contribution is 0.453. The number of halogens is 1. The Bertz CT molecular complexity index is 633. The van der Waals surface area contributed by atoms with E-state index in [1.807, 2.05) is 25.1 Å². The van der Waals surface area contributed by atoms with Gasteiger partial charge in [-0.1, -0.05) is 23.7 Å². The molecule has 0 spiro atoms. The van der Waals surface area contributed by atoms with Gasteiger partial charge in [0.15, 0.2) is 0 Å². The topological polar surface area (TPSA) is 41.5 Å². The molecule has 0 aromatic heterocycles. The monoisotopic (exact) mass is 303 g/mol. The molecule has 1 aliphatic rings. The molecule has 0 unspecified atom stereocenters. The van der Waals surface area contributed by atoms with Crippen LogP contribution in [-0.4, -0.2) is 11.1 Å². The molecule has 0 radical (unpaired) electrons. The lowest BCUT2D eigenvalue weighted by Gasteiger charge is -2.12. The molecule has 21 heavy (non-hydrogen) atoms. The number of aryl methyl sites for hydroxylation is 1. The molecule has 2 aromatic rings. The molecule has 1 saturated carbocycles. The van der Waals surface area contributed by atoms with E-state index in [1.165, 1.54) is 12.8 Å². The van der Waals surface area contributed by atoms with Gasteiger partial charge in [-0.2, -0.15) is 0 Å². The van der Waals surface area contributed by atoms with Crippen LogP contribution in [0.1, 0.15) is 24.0 Å². The molecule has 2 aromatic carbocycles. The summed E-state index contributed by atoms with van der Waals surface area (Å²) in [6.45, 7) is 2.60. The van der Waals surface area contributed by atoms with E-state index in [4.69, 9.17) is 16.3 Å². The predicted octanol–water partition coefficient (Wildman–Crippen LogP) is 4.40. The highest BCUT2D eigenvalue weighted by atomic mass is 35.5. The second-order valence-electron chi connectivity index (χ2n) is 5.43. The minimum atomic E-state index is 0.284. The highest BCUT2D eigenvalue weighted by Gasteiger charge is 2.20. The number of hydrogen-bond acceptors (Lipinski definition) is 3. The van der Waals surface area contributed by atoms with Crippen LogP contribution in [0.3, 0.4) is 0 Å². The molecule has 4 heteroatoms. The van der Waals surface area contributed by atoms with E-state index in [0.29, 0.717) is 29.1 Å². The number of aromatic hydroxyl groups is 1. The van der Waals surface area contributed by atoms with Crippen LogP contribution in [0.2, 0.25) is 5.02 Å². The summed E-state index contributed by atoms with van der Waals surface area (Å²) in [5, 5.41) is 13.9. The number of benzene rings is 2. The fourth-order valence-electron chi connectivity index (χ4n) is 2.17. The summed E-state index contributed by atoms with van der Waals surface area (Å²) >= 11 is 6.17. The van der Waals surface area contributed by atoms with Crippen molar-refractivity contribution in [3.63, 3.8) is 0 Å². The Morgan fingerprint density at radius 2 is 2.10 bits per heavy atom. The standard InChI is InChI=1S/C17H18ClNO2/c1-11-3-2-4-15(18)17(11)21-14-7-8-16(20)12(9-14)10-19-13-5-6-13/h2-4,7-9,13,19-20H,5-6,10H2,1H3. The lowest BCUT2D eigenvalue weighted by Crippen LogP contribution is -2.15. The molecule has 0 amide bonds. The first-order valence-corrected chi connectivity index (χ1v) is 7.49. The summed E-state index contributed by atoms with van der Waals surface area (Å²) in [6.07, 6.45) is 2.44. The quantitative estimate of drug-likeness (QED) is 0.860. The van der Waals surface area contributed by atoms with E-state index in [0.717, 1.165) is 11.1 Å². The van der Waals surface area contributed by atoms with Gasteiger partial charge in [-0.05, 0) is 49.6 Å². The minimum absolute atomic E-state index is 0.284. The largest absolute Gasteiger partial charge is 0.508 e. The normalized spacial score (nSPS) is 14.2. The molecular weight excluding hydrogens is 286 g/mol. The van der Waals surface area contributed by atoms with E-state index in [-0.39, 0.29) is 5.75 Å². The van der Waals surface area contributed by atoms with E-state index in [9.17, 15) is 5.11 Å². The number of hydrogen-bond donors (Lipinski definition) is 2. The molecule has 0 aliphatic heterocycles. The third-order valence-electron chi connectivity index (χ3n) is 3.59. The molecule has 0 saturated heterocycles. The zero-order valence-electron chi connectivity index (χ0n) is 11.9. The van der Waals surface area contributed by atoms with Crippen LogP contribution < -0.4 is 10.1 Å². The van der Waals surface area contributed by atoms with Crippen molar-refractivity contribution in [1.29, 1.82) is 0 Å². The van der Waals surface area contributed by atoms with Gasteiger partial charge in [0.25, 0.3) is 0 Å². The van der Waals surface area contributed by atoms with Crippen LogP contribution in [0.5, 0.6) is 17.2 Å². The zero-order valence-corrected chi connectivity index (χ0v) is 12.7. The summed E-state index contributed by atoms with van der Waals surface area (Å²) in [7, 11) is 0. The van der Waals surface area contributed by atoms with E-state index >= 15 is 0 Å². The average molecular weight is 304 g/mol. The Hall–Kier alpha value is -1.71. The SMILES string of the molecule is Cc1cccc(Cl)c1Oc1ccc(O)c(CNC2CC2)c1. The minimum Gasteiger partial charge on any atom is -0.508 e. The fourth-order valence-corrected chi connectivity index (χ4v) is 2.43. The first-order valence-electron chi connectivity index (χ1n) is 7.12. The summed E-state index contributed by atoms with van der Waals surface area (Å²) in [6, 6.07) is 11.5. The van der Waals surface area contributed by atoms with Crippen LogP contribution >= 0.6 is 11.6 Å². The van der Waals surface area contributed by atoms with Gasteiger partial charge in [0.2, 0.25) is 0 Å². The average Bonchev–Trinajstić information content (AvgIpc) is 3.27. The van der Waals surface area contributed by atoms with Gasteiger partial charge in [-0.25, -0.2) is 0 Å². The maximum absolute atomic E-state index is 9.92. The Kier molecular flexibility index (Phi) is 4.04. The van der Waals surface area contributed by atoms with Crippen LogP contribution in [0.4, 0.5) is 0 Å². The van der Waals surface area contributed by atoms with Crippen molar-refractivity contribution in [1.82, 2.24) is 5.32 Å². The Labute approximate surface area is 129 Å². The third kappa shape index (κ3) is 3.49. The molecule has 110 valence electrons. The second kappa shape index (κ2) is 5.96. The smallest absolute Gasteiger partial charge is 0.148 e. The summed E-state index contributed by atoms with van der Waals surface area (Å²) in [5.74, 6) is 1.62. The highest BCUT2D eigenvalue weighted by Crippen LogP contribution is 2.34. The third-order valence-corrected chi connectivity index (χ3v) is 3.89. The molecule has 0 atom stereocenters. The number of phenols is 1. The van der Waals surface area contributed by atoms with Crippen molar-refractivity contribution in [2.45, 2.75) is 32.4 Å². The molecule has 3 nitrogen and oxygen atoms in total. The van der Waals surface area contributed by atoms with Crippen molar-refractivity contribution in [2.24, 2.45) is 0 Å². The number of rotatable bonds is 5. The second-order valence-corrected chi connectivity index (χ2v) is 5.84. The van der Waals surface area contributed by atoms with Crippen molar-refractivity contribution < 1.29 is 9.84 Å². The van der Waals surface area contributed by atoms with Crippen molar-refractivity contribution in [3.05, 3.63) is 52.5 Å². The summed E-state index contributed by atoms with van der Waals surface area (Å²) in [5.41, 5.74) is 1.82.